The molecule has 0 saturated carbocycles. The molecule has 2 N–H and O–H groups in total. The summed E-state index contributed by atoms with van der Waals surface area (Å²) in [5.41, 5.74) is -0.948. The van der Waals surface area contributed by atoms with Gasteiger partial charge in [0.05, 0.1) is 25.6 Å². The molecule has 9 heteroatoms. The fourth-order valence-electron chi connectivity index (χ4n) is 3.29. The molecule has 9 nitrogen and oxygen atoms in total. The monoisotopic (exact) mass is 350 g/mol. The summed E-state index contributed by atoms with van der Waals surface area (Å²) in [6.45, 7) is 3.24. The Morgan fingerprint density at radius 2 is 1.92 bits per heavy atom. The number of piperidine rings is 1. The Labute approximate surface area is 144 Å². The molecule has 2 saturated heterocycles. The van der Waals surface area contributed by atoms with Gasteiger partial charge in [0.25, 0.3) is 5.56 Å². The molecule has 2 aliphatic rings. The molecule has 0 aliphatic carbocycles. The molecule has 0 spiro atoms. The van der Waals surface area contributed by atoms with Crippen molar-refractivity contribution in [2.45, 2.75) is 19.3 Å². The van der Waals surface area contributed by atoms with Crippen LogP contribution in [0.15, 0.2) is 15.8 Å². The van der Waals surface area contributed by atoms with Crippen molar-refractivity contribution >= 4 is 11.8 Å². The number of amides is 2. The SMILES string of the molecule is O=C(Cc1c[nH]c(=O)[nH]c1=O)N1CCC[C@@H](C(=O)N2CCOCC2)C1. The van der Waals surface area contributed by atoms with E-state index >= 15 is 0 Å². The Bertz CT molecular complexity index is 749. The maximum absolute atomic E-state index is 12.6. The number of carbonyl (C=O) groups excluding carboxylic acids is 2. The highest BCUT2D eigenvalue weighted by Crippen LogP contribution is 2.20. The minimum Gasteiger partial charge on any atom is -0.378 e. The zero-order valence-electron chi connectivity index (χ0n) is 14.0. The molecule has 3 rings (SSSR count). The number of nitrogens with one attached hydrogen (secondary N) is 2. The highest BCUT2D eigenvalue weighted by atomic mass is 16.5. The van der Waals surface area contributed by atoms with E-state index < -0.39 is 11.2 Å². The number of aromatic amines is 2. The summed E-state index contributed by atoms with van der Waals surface area (Å²) >= 11 is 0. The number of aromatic nitrogens is 2. The van der Waals surface area contributed by atoms with Crippen LogP contribution in [0, 0.1) is 5.92 Å². The predicted molar refractivity (Wildman–Crippen MR) is 88.1 cm³/mol. The molecule has 25 heavy (non-hydrogen) atoms. The number of carbonyl (C=O) groups is 2. The first-order valence-corrected chi connectivity index (χ1v) is 8.50. The van der Waals surface area contributed by atoms with E-state index in [1.807, 2.05) is 0 Å². The number of likely N-dealkylation sites (tertiary alicyclic amines) is 1. The maximum Gasteiger partial charge on any atom is 0.325 e. The second-order valence-electron chi connectivity index (χ2n) is 6.39. The van der Waals surface area contributed by atoms with E-state index in [1.165, 1.54) is 6.20 Å². The lowest BCUT2D eigenvalue weighted by atomic mass is 9.96. The van der Waals surface area contributed by atoms with Crippen LogP contribution in [-0.4, -0.2) is 71.0 Å². The van der Waals surface area contributed by atoms with Crippen LogP contribution in [-0.2, 0) is 20.7 Å². The first kappa shape index (κ1) is 17.4. The summed E-state index contributed by atoms with van der Waals surface area (Å²) in [6.07, 6.45) is 2.69. The second-order valence-corrected chi connectivity index (χ2v) is 6.39. The molecule has 2 aliphatic heterocycles. The third-order valence-corrected chi connectivity index (χ3v) is 4.68. The van der Waals surface area contributed by atoms with Crippen molar-refractivity contribution in [3.63, 3.8) is 0 Å². The van der Waals surface area contributed by atoms with Crippen molar-refractivity contribution in [3.05, 3.63) is 32.6 Å². The Hall–Kier alpha value is -2.42. The van der Waals surface area contributed by atoms with Crippen molar-refractivity contribution in [1.82, 2.24) is 19.8 Å². The van der Waals surface area contributed by atoms with Crippen LogP contribution < -0.4 is 11.2 Å². The smallest absolute Gasteiger partial charge is 0.325 e. The number of H-pyrrole nitrogens is 2. The number of hydrogen-bond donors (Lipinski definition) is 2. The van der Waals surface area contributed by atoms with Crippen molar-refractivity contribution in [2.24, 2.45) is 5.92 Å². The van der Waals surface area contributed by atoms with Crippen LogP contribution in [0.4, 0.5) is 0 Å². The largest absolute Gasteiger partial charge is 0.378 e. The number of morpholine rings is 1. The van der Waals surface area contributed by atoms with E-state index in [1.54, 1.807) is 9.80 Å². The average molecular weight is 350 g/mol. The standard InChI is InChI=1S/C16H22N4O5/c21-13(8-12-9-17-16(24)18-14(12)22)20-3-1-2-11(10-20)15(23)19-4-6-25-7-5-19/h9,11H,1-8,10H2,(H2,17,18,22,24)/t11-/m1/s1. The van der Waals surface area contributed by atoms with Gasteiger partial charge in [-0.3, -0.25) is 19.4 Å². The summed E-state index contributed by atoms with van der Waals surface area (Å²) in [5, 5.41) is 0. The molecule has 136 valence electrons. The molecule has 0 radical (unpaired) electrons. The van der Waals surface area contributed by atoms with Crippen LogP contribution >= 0.6 is 0 Å². The Morgan fingerprint density at radius 3 is 2.64 bits per heavy atom. The van der Waals surface area contributed by atoms with Crippen LogP contribution in [0.25, 0.3) is 0 Å². The topological polar surface area (TPSA) is 116 Å². The molecular formula is C16H22N4O5. The van der Waals surface area contributed by atoms with E-state index in [0.29, 0.717) is 39.4 Å². The molecule has 1 atom stereocenters. The summed E-state index contributed by atoms with van der Waals surface area (Å²) < 4.78 is 5.27. The van der Waals surface area contributed by atoms with Gasteiger partial charge in [-0.25, -0.2) is 4.79 Å². The molecule has 1 aromatic heterocycles. The lowest BCUT2D eigenvalue weighted by Gasteiger charge is -2.36. The fourth-order valence-corrected chi connectivity index (χ4v) is 3.29. The zero-order valence-corrected chi connectivity index (χ0v) is 14.0. The van der Waals surface area contributed by atoms with Gasteiger partial charge in [0.1, 0.15) is 0 Å². The van der Waals surface area contributed by atoms with Crippen LogP contribution in [0.3, 0.4) is 0 Å². The lowest BCUT2D eigenvalue weighted by molar-refractivity contribution is -0.143. The lowest BCUT2D eigenvalue weighted by Crippen LogP contribution is -2.50. The zero-order chi connectivity index (χ0) is 17.8. The minimum absolute atomic E-state index is 0.0719. The molecule has 1 aromatic rings. The number of rotatable bonds is 3. The fraction of sp³-hybridized carbons (Fsp3) is 0.625. The van der Waals surface area contributed by atoms with Gasteiger partial charge in [-0.05, 0) is 12.8 Å². The molecular weight excluding hydrogens is 328 g/mol. The summed E-state index contributed by atoms with van der Waals surface area (Å²) in [6, 6.07) is 0. The van der Waals surface area contributed by atoms with Gasteiger partial charge >= 0.3 is 5.69 Å². The van der Waals surface area contributed by atoms with E-state index in [9.17, 15) is 19.2 Å². The molecule has 2 fully saturated rings. The number of nitrogens with zero attached hydrogens (tertiary/aromatic N) is 2. The van der Waals surface area contributed by atoms with Crippen molar-refractivity contribution in [1.29, 1.82) is 0 Å². The van der Waals surface area contributed by atoms with E-state index in [-0.39, 0.29) is 29.7 Å². The third kappa shape index (κ3) is 4.16. The van der Waals surface area contributed by atoms with Crippen molar-refractivity contribution < 1.29 is 14.3 Å². The highest BCUT2D eigenvalue weighted by molar-refractivity contribution is 5.82. The quantitative estimate of drug-likeness (QED) is 0.703. The normalized spacial score (nSPS) is 21.2. The van der Waals surface area contributed by atoms with Crippen LogP contribution in [0.1, 0.15) is 18.4 Å². The Kier molecular flexibility index (Phi) is 5.32. The van der Waals surface area contributed by atoms with E-state index in [0.717, 1.165) is 12.8 Å². The van der Waals surface area contributed by atoms with Gasteiger partial charge in [0.15, 0.2) is 0 Å². The molecule has 2 amide bonds. The second kappa shape index (κ2) is 7.64. The van der Waals surface area contributed by atoms with Gasteiger partial charge < -0.3 is 19.5 Å². The average Bonchev–Trinajstić information content (AvgIpc) is 2.64. The Morgan fingerprint density at radius 1 is 1.16 bits per heavy atom. The third-order valence-electron chi connectivity index (χ3n) is 4.68. The number of hydrogen-bond acceptors (Lipinski definition) is 5. The maximum atomic E-state index is 12.6. The summed E-state index contributed by atoms with van der Waals surface area (Å²) in [4.78, 5) is 55.8. The number of ether oxygens (including phenoxy) is 1. The van der Waals surface area contributed by atoms with Crippen LogP contribution in [0.5, 0.6) is 0 Å². The van der Waals surface area contributed by atoms with E-state index in [2.05, 4.69) is 9.97 Å². The minimum atomic E-state index is -0.602. The van der Waals surface area contributed by atoms with Gasteiger partial charge in [0.2, 0.25) is 11.8 Å². The first-order valence-electron chi connectivity index (χ1n) is 8.50. The molecule has 0 bridgehead atoms. The molecule has 0 aromatic carbocycles. The predicted octanol–water partition coefficient (Wildman–Crippen LogP) is -1.30. The van der Waals surface area contributed by atoms with Crippen molar-refractivity contribution in [2.75, 3.05) is 39.4 Å². The molecule has 0 unspecified atom stereocenters. The van der Waals surface area contributed by atoms with Gasteiger partial charge in [-0.15, -0.1) is 0 Å². The first-order chi connectivity index (χ1) is 12.0. The summed E-state index contributed by atoms with van der Waals surface area (Å²) in [5.74, 6) is -0.343. The van der Waals surface area contributed by atoms with Gasteiger partial charge in [-0.1, -0.05) is 0 Å². The van der Waals surface area contributed by atoms with Gasteiger partial charge in [0, 0.05) is 37.9 Å². The summed E-state index contributed by atoms with van der Waals surface area (Å²) in [7, 11) is 0. The highest BCUT2D eigenvalue weighted by Gasteiger charge is 2.31. The molecule has 3 heterocycles. The van der Waals surface area contributed by atoms with E-state index in [4.69, 9.17) is 4.74 Å². The Balaban J connectivity index is 1.62. The van der Waals surface area contributed by atoms with Gasteiger partial charge in [-0.2, -0.15) is 0 Å². The van der Waals surface area contributed by atoms with Crippen molar-refractivity contribution in [3.8, 4) is 0 Å². The van der Waals surface area contributed by atoms with Crippen LogP contribution in [0.2, 0.25) is 0 Å².